The predicted molar refractivity (Wildman–Crippen MR) is 60.1 cm³/mol. The average Bonchev–Trinajstić information content (AvgIpc) is 2.78. The Kier molecular flexibility index (Phi) is 7.29. The van der Waals surface area contributed by atoms with Crippen LogP contribution in [-0.4, -0.2) is 37.1 Å². The fourth-order valence-corrected chi connectivity index (χ4v) is 2.08. The van der Waals surface area contributed by atoms with Gasteiger partial charge < -0.3 is 10.2 Å². The first-order valence-electron chi connectivity index (χ1n) is 5.81. The fourth-order valence-electron chi connectivity index (χ4n) is 2.08. The molecular weight excluding hydrogens is 160 g/mol. The second-order valence-corrected chi connectivity index (χ2v) is 3.19. The summed E-state index contributed by atoms with van der Waals surface area (Å²) in [5.74, 6) is 0. The van der Waals surface area contributed by atoms with E-state index in [-0.39, 0.29) is 0 Å². The Labute approximate surface area is 83.7 Å². The Balaban J connectivity index is 0.000000322. The van der Waals surface area contributed by atoms with E-state index in [0.717, 1.165) is 12.1 Å². The minimum absolute atomic E-state index is 0.829. The molecular formula is C11H26N2. The van der Waals surface area contributed by atoms with Gasteiger partial charge in [0.25, 0.3) is 0 Å². The SMILES string of the molecule is CC.CC.CN1CCC2NCCC21. The summed E-state index contributed by atoms with van der Waals surface area (Å²) >= 11 is 0. The van der Waals surface area contributed by atoms with Crippen LogP contribution in [0.15, 0.2) is 0 Å². The van der Waals surface area contributed by atoms with E-state index in [9.17, 15) is 0 Å². The van der Waals surface area contributed by atoms with Crippen molar-refractivity contribution in [1.82, 2.24) is 10.2 Å². The van der Waals surface area contributed by atoms with Crippen molar-refractivity contribution in [3.8, 4) is 0 Å². The van der Waals surface area contributed by atoms with Gasteiger partial charge in [0.2, 0.25) is 0 Å². The fraction of sp³-hybridized carbons (Fsp3) is 1.00. The summed E-state index contributed by atoms with van der Waals surface area (Å²) in [5.41, 5.74) is 0. The summed E-state index contributed by atoms with van der Waals surface area (Å²) < 4.78 is 0. The van der Waals surface area contributed by atoms with Gasteiger partial charge in [0.05, 0.1) is 0 Å². The van der Waals surface area contributed by atoms with Gasteiger partial charge in [-0.3, -0.25) is 0 Å². The number of hydrogen-bond donors (Lipinski definition) is 1. The van der Waals surface area contributed by atoms with Crippen LogP contribution < -0.4 is 5.32 Å². The third kappa shape index (κ3) is 3.28. The predicted octanol–water partition coefficient (Wildman–Crippen LogP) is 2.10. The number of nitrogens with zero attached hydrogens (tertiary/aromatic N) is 1. The summed E-state index contributed by atoms with van der Waals surface area (Å²) in [7, 11) is 2.23. The molecule has 0 bridgehead atoms. The van der Waals surface area contributed by atoms with E-state index in [1.165, 1.54) is 25.9 Å². The summed E-state index contributed by atoms with van der Waals surface area (Å²) in [6, 6.07) is 1.69. The molecule has 1 N–H and O–H groups in total. The first-order valence-corrected chi connectivity index (χ1v) is 5.81. The standard InChI is InChI=1S/C7H14N2.2C2H6/c1-9-5-3-6-7(9)2-4-8-6;2*1-2/h6-8H,2-5H2,1H3;2*1-2H3. The van der Waals surface area contributed by atoms with Crippen LogP contribution in [0.25, 0.3) is 0 Å². The Hall–Kier alpha value is -0.0800. The molecule has 0 aromatic carbocycles. The molecule has 0 radical (unpaired) electrons. The highest BCUT2D eigenvalue weighted by Gasteiger charge is 2.34. The zero-order valence-electron chi connectivity index (χ0n) is 9.93. The molecule has 0 aliphatic carbocycles. The number of rotatable bonds is 0. The van der Waals surface area contributed by atoms with E-state index in [1.54, 1.807) is 0 Å². The maximum absolute atomic E-state index is 3.51. The van der Waals surface area contributed by atoms with Crippen molar-refractivity contribution < 1.29 is 0 Å². The molecule has 2 nitrogen and oxygen atoms in total. The van der Waals surface area contributed by atoms with Crippen LogP contribution in [0.2, 0.25) is 0 Å². The zero-order chi connectivity index (χ0) is 10.3. The maximum Gasteiger partial charge on any atom is 0.0258 e. The molecule has 2 heteroatoms. The second-order valence-electron chi connectivity index (χ2n) is 3.19. The minimum atomic E-state index is 0.829. The first-order chi connectivity index (χ1) is 6.38. The average molecular weight is 186 g/mol. The third-order valence-corrected chi connectivity index (χ3v) is 2.67. The second kappa shape index (κ2) is 7.34. The topological polar surface area (TPSA) is 15.3 Å². The smallest absolute Gasteiger partial charge is 0.0258 e. The highest BCUT2D eigenvalue weighted by atomic mass is 15.2. The van der Waals surface area contributed by atoms with E-state index in [2.05, 4.69) is 17.3 Å². The monoisotopic (exact) mass is 186 g/mol. The van der Waals surface area contributed by atoms with E-state index in [1.807, 2.05) is 27.7 Å². The quantitative estimate of drug-likeness (QED) is 0.623. The van der Waals surface area contributed by atoms with Gasteiger partial charge in [-0.1, -0.05) is 27.7 Å². The van der Waals surface area contributed by atoms with Crippen LogP contribution in [0.4, 0.5) is 0 Å². The first kappa shape index (κ1) is 12.9. The molecule has 0 saturated carbocycles. The Bertz CT molecular complexity index is 115. The van der Waals surface area contributed by atoms with E-state index in [4.69, 9.17) is 0 Å². The number of likely N-dealkylation sites (tertiary alicyclic amines) is 1. The van der Waals surface area contributed by atoms with Crippen LogP contribution in [0, 0.1) is 0 Å². The molecule has 13 heavy (non-hydrogen) atoms. The van der Waals surface area contributed by atoms with Gasteiger partial charge in [0.1, 0.15) is 0 Å². The number of nitrogens with one attached hydrogen (secondary N) is 1. The molecule has 2 saturated heterocycles. The van der Waals surface area contributed by atoms with Crippen LogP contribution in [0.1, 0.15) is 40.5 Å². The van der Waals surface area contributed by atoms with Gasteiger partial charge in [-0.25, -0.2) is 0 Å². The summed E-state index contributed by atoms with van der Waals surface area (Å²) in [6.45, 7) is 10.5. The van der Waals surface area contributed by atoms with E-state index < -0.39 is 0 Å². The van der Waals surface area contributed by atoms with Crippen molar-refractivity contribution in [2.24, 2.45) is 0 Å². The highest BCUT2D eigenvalue weighted by molar-refractivity contribution is 4.95. The summed E-state index contributed by atoms with van der Waals surface area (Å²) in [5, 5.41) is 3.51. The van der Waals surface area contributed by atoms with E-state index >= 15 is 0 Å². The third-order valence-electron chi connectivity index (χ3n) is 2.67. The van der Waals surface area contributed by atoms with Gasteiger partial charge in [0.15, 0.2) is 0 Å². The largest absolute Gasteiger partial charge is 0.312 e. The van der Waals surface area contributed by atoms with Gasteiger partial charge in [-0.15, -0.1) is 0 Å². The van der Waals surface area contributed by atoms with E-state index in [0.29, 0.717) is 0 Å². The molecule has 0 aromatic rings. The Morgan fingerprint density at radius 1 is 1.08 bits per heavy atom. The minimum Gasteiger partial charge on any atom is -0.312 e. The van der Waals surface area contributed by atoms with Crippen molar-refractivity contribution in [2.45, 2.75) is 52.6 Å². The molecule has 0 amide bonds. The molecule has 2 rings (SSSR count). The lowest BCUT2D eigenvalue weighted by atomic mass is 10.1. The summed E-state index contributed by atoms with van der Waals surface area (Å²) in [6.07, 6.45) is 2.72. The van der Waals surface area contributed by atoms with Crippen LogP contribution in [0.5, 0.6) is 0 Å². The van der Waals surface area contributed by atoms with Crippen molar-refractivity contribution >= 4 is 0 Å². The lowest BCUT2D eigenvalue weighted by Gasteiger charge is -2.16. The zero-order valence-corrected chi connectivity index (χ0v) is 9.93. The molecule has 0 spiro atoms. The van der Waals surface area contributed by atoms with Crippen molar-refractivity contribution in [3.05, 3.63) is 0 Å². The van der Waals surface area contributed by atoms with Crippen molar-refractivity contribution in [1.29, 1.82) is 0 Å². The molecule has 2 heterocycles. The maximum atomic E-state index is 3.51. The van der Waals surface area contributed by atoms with Gasteiger partial charge in [-0.05, 0) is 33.0 Å². The number of hydrogen-bond acceptors (Lipinski definition) is 2. The molecule has 80 valence electrons. The molecule has 2 fully saturated rings. The molecule has 2 atom stereocenters. The van der Waals surface area contributed by atoms with Crippen molar-refractivity contribution in [2.75, 3.05) is 20.1 Å². The molecule has 2 unspecified atom stereocenters. The summed E-state index contributed by atoms with van der Waals surface area (Å²) in [4.78, 5) is 2.48. The number of likely N-dealkylation sites (N-methyl/N-ethyl adjacent to an activating group) is 1. The highest BCUT2D eigenvalue weighted by Crippen LogP contribution is 2.22. The van der Waals surface area contributed by atoms with Crippen LogP contribution in [-0.2, 0) is 0 Å². The van der Waals surface area contributed by atoms with Gasteiger partial charge in [0, 0.05) is 12.1 Å². The molecule has 2 aliphatic rings. The van der Waals surface area contributed by atoms with Crippen LogP contribution in [0.3, 0.4) is 0 Å². The number of fused-ring (bicyclic) bond motifs is 1. The van der Waals surface area contributed by atoms with Crippen molar-refractivity contribution in [3.63, 3.8) is 0 Å². The Morgan fingerprint density at radius 3 is 2.23 bits per heavy atom. The lowest BCUT2D eigenvalue weighted by molar-refractivity contribution is 0.310. The van der Waals surface area contributed by atoms with Gasteiger partial charge in [-0.2, -0.15) is 0 Å². The Morgan fingerprint density at radius 2 is 1.69 bits per heavy atom. The molecule has 2 aliphatic heterocycles. The van der Waals surface area contributed by atoms with Crippen LogP contribution >= 0.6 is 0 Å². The normalized spacial score (nSPS) is 31.2. The molecule has 0 aromatic heterocycles. The lowest BCUT2D eigenvalue weighted by Crippen LogP contribution is -2.31. The van der Waals surface area contributed by atoms with Gasteiger partial charge >= 0.3 is 0 Å².